The number of Topliss-reactive ketones (excluding diaryl/α,β-unsaturated/α-hetero) is 1. The standard InChI is InChI=1S/C30H32ClN7O5/c1-30(2,3)43-23-14-18(22(39)15-24(32)40)6-9-20(23)28-35-26(17-4-7-19(31)8-5-17)27(21-10-11-34-36-21)38(28)29(42)37-13-12-33-25(41)16-37/h4-11,14,26-27H,12-13,15-16H2,1-3H3,(H2,32,40)(H,33,41)(H,34,36)/t26-,27+/m0/s1. The molecule has 1 fully saturated rings. The zero-order valence-corrected chi connectivity index (χ0v) is 24.7. The minimum Gasteiger partial charge on any atom is -0.487 e. The fourth-order valence-corrected chi connectivity index (χ4v) is 5.23. The minimum atomic E-state index is -0.748. The van der Waals surface area contributed by atoms with E-state index in [1.807, 2.05) is 32.9 Å². The molecule has 0 bridgehead atoms. The molecule has 224 valence electrons. The van der Waals surface area contributed by atoms with Crippen LogP contribution in [-0.4, -0.2) is 74.7 Å². The summed E-state index contributed by atoms with van der Waals surface area (Å²) in [4.78, 5) is 58.9. The number of H-pyrrole nitrogens is 1. The minimum absolute atomic E-state index is 0.118. The average Bonchev–Trinajstić information content (AvgIpc) is 3.60. The number of amidine groups is 1. The molecule has 12 nitrogen and oxygen atoms in total. The number of amides is 4. The topological polar surface area (TPSA) is 163 Å². The number of aromatic amines is 1. The number of nitrogens with two attached hydrogens (primary N) is 1. The van der Waals surface area contributed by atoms with Gasteiger partial charge in [0.25, 0.3) is 0 Å². The van der Waals surface area contributed by atoms with Crippen LogP contribution in [0.25, 0.3) is 0 Å². The van der Waals surface area contributed by atoms with Crippen LogP contribution in [0, 0.1) is 0 Å². The Bertz CT molecular complexity index is 1580. The van der Waals surface area contributed by atoms with E-state index >= 15 is 0 Å². The van der Waals surface area contributed by atoms with Crippen LogP contribution in [0.2, 0.25) is 5.02 Å². The number of hydrogen-bond donors (Lipinski definition) is 3. The number of nitrogens with zero attached hydrogens (tertiary/aromatic N) is 4. The van der Waals surface area contributed by atoms with Crippen LogP contribution in [0.15, 0.2) is 59.7 Å². The van der Waals surface area contributed by atoms with E-state index in [9.17, 15) is 19.2 Å². The van der Waals surface area contributed by atoms with E-state index in [1.54, 1.807) is 36.5 Å². The Morgan fingerprint density at radius 2 is 1.86 bits per heavy atom. The molecule has 0 spiro atoms. The number of urea groups is 1. The highest BCUT2D eigenvalue weighted by Crippen LogP contribution is 2.45. The van der Waals surface area contributed by atoms with Crippen molar-refractivity contribution in [2.75, 3.05) is 19.6 Å². The highest BCUT2D eigenvalue weighted by molar-refractivity contribution is 6.30. The number of piperazine rings is 1. The van der Waals surface area contributed by atoms with Crippen molar-refractivity contribution in [1.29, 1.82) is 0 Å². The molecule has 4 amide bonds. The van der Waals surface area contributed by atoms with Crippen LogP contribution in [0.4, 0.5) is 4.79 Å². The maximum absolute atomic E-state index is 14.3. The number of ether oxygens (including phenoxy) is 1. The van der Waals surface area contributed by atoms with Gasteiger partial charge in [-0.3, -0.25) is 29.4 Å². The number of halogens is 1. The smallest absolute Gasteiger partial charge is 0.326 e. The van der Waals surface area contributed by atoms with Gasteiger partial charge < -0.3 is 20.7 Å². The number of ketones is 1. The van der Waals surface area contributed by atoms with Gasteiger partial charge >= 0.3 is 6.03 Å². The Kier molecular flexibility index (Phi) is 8.23. The summed E-state index contributed by atoms with van der Waals surface area (Å²) >= 11 is 6.19. The molecule has 2 aliphatic rings. The molecule has 0 unspecified atom stereocenters. The van der Waals surface area contributed by atoms with Gasteiger partial charge in [-0.05, 0) is 56.7 Å². The van der Waals surface area contributed by atoms with Gasteiger partial charge in [0.2, 0.25) is 11.8 Å². The van der Waals surface area contributed by atoms with Crippen molar-refractivity contribution in [2.24, 2.45) is 10.7 Å². The predicted molar refractivity (Wildman–Crippen MR) is 159 cm³/mol. The molecule has 1 saturated heterocycles. The molecule has 1 aromatic heterocycles. The quantitative estimate of drug-likeness (QED) is 0.276. The Morgan fingerprint density at radius 3 is 2.49 bits per heavy atom. The second-order valence-corrected chi connectivity index (χ2v) is 11.7. The number of aromatic nitrogens is 2. The zero-order chi connectivity index (χ0) is 30.9. The molecule has 3 heterocycles. The van der Waals surface area contributed by atoms with Crippen LogP contribution in [-0.2, 0) is 9.59 Å². The van der Waals surface area contributed by atoms with Crippen molar-refractivity contribution in [2.45, 2.75) is 44.9 Å². The molecule has 2 aromatic carbocycles. The van der Waals surface area contributed by atoms with Crippen LogP contribution < -0.4 is 15.8 Å². The number of carbonyl (C=O) groups excluding carboxylic acids is 4. The molecule has 43 heavy (non-hydrogen) atoms. The van der Waals surface area contributed by atoms with E-state index in [0.717, 1.165) is 5.56 Å². The fraction of sp³-hybridized carbons (Fsp3) is 0.333. The summed E-state index contributed by atoms with van der Waals surface area (Å²) in [5, 5.41) is 10.5. The average molecular weight is 606 g/mol. The molecule has 13 heteroatoms. The van der Waals surface area contributed by atoms with Gasteiger partial charge in [0.05, 0.1) is 17.7 Å². The molecular formula is C30H32ClN7O5. The summed E-state index contributed by atoms with van der Waals surface area (Å²) in [6.45, 7) is 6.05. The first kappa shape index (κ1) is 29.8. The number of hydrogen-bond acceptors (Lipinski definition) is 7. The van der Waals surface area contributed by atoms with Crippen molar-refractivity contribution < 1.29 is 23.9 Å². The lowest BCUT2D eigenvalue weighted by Gasteiger charge is -2.35. The molecular weight excluding hydrogens is 574 g/mol. The highest BCUT2D eigenvalue weighted by Gasteiger charge is 2.46. The van der Waals surface area contributed by atoms with Crippen molar-refractivity contribution >= 4 is 41.1 Å². The van der Waals surface area contributed by atoms with Gasteiger partial charge in [0.1, 0.15) is 35.8 Å². The van der Waals surface area contributed by atoms with Gasteiger partial charge in [-0.2, -0.15) is 5.10 Å². The molecule has 0 saturated carbocycles. The SMILES string of the molecule is CC(C)(C)Oc1cc(C(=O)CC(N)=O)ccc1C1=N[C@@H](c2ccc(Cl)cc2)[C@@H](c2cc[nH]n2)N1C(=O)N1CCNC(=O)C1. The van der Waals surface area contributed by atoms with E-state index in [4.69, 9.17) is 27.1 Å². The Hall–Kier alpha value is -4.71. The van der Waals surface area contributed by atoms with E-state index in [2.05, 4.69) is 15.5 Å². The van der Waals surface area contributed by atoms with E-state index < -0.39 is 41.8 Å². The number of carbonyl (C=O) groups is 4. The normalized spacial score (nSPS) is 18.7. The lowest BCUT2D eigenvalue weighted by atomic mass is 9.97. The van der Waals surface area contributed by atoms with Crippen molar-refractivity contribution in [3.63, 3.8) is 0 Å². The molecule has 2 atom stereocenters. The maximum Gasteiger partial charge on any atom is 0.326 e. The van der Waals surface area contributed by atoms with Gasteiger partial charge in [-0.25, -0.2) is 4.79 Å². The molecule has 2 aliphatic heterocycles. The van der Waals surface area contributed by atoms with Crippen molar-refractivity contribution in [3.05, 3.63) is 82.1 Å². The van der Waals surface area contributed by atoms with Crippen molar-refractivity contribution in [1.82, 2.24) is 25.3 Å². The summed E-state index contributed by atoms with van der Waals surface area (Å²) in [6.07, 6.45) is 1.20. The fourth-order valence-electron chi connectivity index (χ4n) is 5.10. The van der Waals surface area contributed by atoms with Gasteiger partial charge in [-0.15, -0.1) is 0 Å². The monoisotopic (exact) mass is 605 g/mol. The Labute approximate surface area is 253 Å². The van der Waals surface area contributed by atoms with E-state index in [0.29, 0.717) is 29.4 Å². The Balaban J connectivity index is 1.69. The molecule has 4 N–H and O–H groups in total. The lowest BCUT2D eigenvalue weighted by molar-refractivity contribution is -0.123. The molecule has 0 radical (unpaired) electrons. The summed E-state index contributed by atoms with van der Waals surface area (Å²) in [5.41, 5.74) is 6.58. The molecule has 3 aromatic rings. The summed E-state index contributed by atoms with van der Waals surface area (Å²) < 4.78 is 6.31. The number of nitrogens with one attached hydrogen (secondary N) is 2. The predicted octanol–water partition coefficient (Wildman–Crippen LogP) is 3.40. The largest absolute Gasteiger partial charge is 0.487 e. The summed E-state index contributed by atoms with van der Waals surface area (Å²) in [5.74, 6) is -0.920. The third kappa shape index (κ3) is 6.54. The highest BCUT2D eigenvalue weighted by atomic mass is 35.5. The van der Waals surface area contributed by atoms with Crippen LogP contribution >= 0.6 is 11.6 Å². The van der Waals surface area contributed by atoms with Crippen LogP contribution in [0.5, 0.6) is 5.75 Å². The van der Waals surface area contributed by atoms with Crippen molar-refractivity contribution in [3.8, 4) is 5.75 Å². The Morgan fingerprint density at radius 1 is 1.12 bits per heavy atom. The zero-order valence-electron chi connectivity index (χ0n) is 24.0. The first-order valence-corrected chi connectivity index (χ1v) is 14.1. The second kappa shape index (κ2) is 11.9. The third-order valence-electron chi connectivity index (χ3n) is 6.91. The number of aliphatic imine (C=N–C) groups is 1. The number of rotatable bonds is 7. The third-order valence-corrected chi connectivity index (χ3v) is 7.17. The maximum atomic E-state index is 14.3. The summed E-state index contributed by atoms with van der Waals surface area (Å²) in [6, 6.07) is 11.9. The first-order valence-electron chi connectivity index (χ1n) is 13.7. The summed E-state index contributed by atoms with van der Waals surface area (Å²) in [7, 11) is 0. The molecule has 0 aliphatic carbocycles. The number of benzene rings is 2. The molecule has 5 rings (SSSR count). The van der Waals surface area contributed by atoms with Gasteiger partial charge in [-0.1, -0.05) is 29.8 Å². The lowest BCUT2D eigenvalue weighted by Crippen LogP contribution is -2.55. The van der Waals surface area contributed by atoms with Gasteiger partial charge in [0.15, 0.2) is 5.78 Å². The second-order valence-electron chi connectivity index (χ2n) is 11.3. The first-order chi connectivity index (χ1) is 20.4. The van der Waals surface area contributed by atoms with Crippen LogP contribution in [0.1, 0.15) is 66.5 Å². The van der Waals surface area contributed by atoms with Crippen LogP contribution in [0.3, 0.4) is 0 Å². The van der Waals surface area contributed by atoms with E-state index in [1.165, 1.54) is 15.9 Å². The van der Waals surface area contributed by atoms with Gasteiger partial charge in [0, 0.05) is 29.9 Å². The van der Waals surface area contributed by atoms with E-state index in [-0.39, 0.29) is 29.6 Å². The number of primary amides is 1.